The van der Waals surface area contributed by atoms with Gasteiger partial charge < -0.3 is 8.85 Å². The smallest absolute Gasteiger partial charge is 0.186 e. The molecule has 2 nitrogen and oxygen atoms in total. The third kappa shape index (κ3) is 44.9. The van der Waals surface area contributed by atoms with E-state index < -0.39 is 8.32 Å². The lowest BCUT2D eigenvalue weighted by Gasteiger charge is -2.19. The minimum absolute atomic E-state index is 0. The first-order valence-corrected chi connectivity index (χ1v) is 14.1. The van der Waals surface area contributed by atoms with E-state index >= 15 is 0 Å². The maximum Gasteiger partial charge on any atom is 0.186 e. The lowest BCUT2D eigenvalue weighted by molar-refractivity contribution is 0.400. The van der Waals surface area contributed by atoms with E-state index in [9.17, 15) is 0 Å². The maximum atomic E-state index is 5.50. The second-order valence-electron chi connectivity index (χ2n) is 6.06. The van der Waals surface area contributed by atoms with E-state index in [-0.39, 0.29) is 24.6 Å². The highest BCUT2D eigenvalue weighted by atomic mass is 28.4. The molecule has 23 heavy (non-hydrogen) atoms. The Bertz CT molecular complexity index is 157. The minimum atomic E-state index is -1.25. The first-order chi connectivity index (χ1) is 9.95. The molecule has 0 fully saturated rings. The van der Waals surface area contributed by atoms with E-state index in [0.717, 1.165) is 0 Å². The lowest BCUT2D eigenvalue weighted by Crippen LogP contribution is -2.27. The topological polar surface area (TPSA) is 18.5 Å². The van der Waals surface area contributed by atoms with Crippen LogP contribution < -0.4 is 0 Å². The first kappa shape index (κ1) is 34.6. The Balaban J connectivity index is -0.0000000909. The van der Waals surface area contributed by atoms with Gasteiger partial charge in [-0.15, -0.1) is 0 Å². The van der Waals surface area contributed by atoms with Gasteiger partial charge >= 0.3 is 0 Å². The van der Waals surface area contributed by atoms with Gasteiger partial charge in [0, 0.05) is 14.2 Å². The molecular formula is C19H52O2Si2. The second kappa shape index (κ2) is 30.3. The molecule has 0 saturated heterocycles. The monoisotopic (exact) mass is 368 g/mol. The third-order valence-corrected chi connectivity index (χ3v) is 6.71. The molecule has 0 N–H and O–H groups in total. The first-order valence-electron chi connectivity index (χ1n) is 8.99. The quantitative estimate of drug-likeness (QED) is 0.304. The molecule has 0 heterocycles. The Labute approximate surface area is 154 Å². The molecule has 0 unspecified atom stereocenters. The maximum absolute atomic E-state index is 5.50. The number of rotatable bonds is 10. The summed E-state index contributed by atoms with van der Waals surface area (Å²) in [6.07, 6.45) is 11.0. The van der Waals surface area contributed by atoms with Crippen LogP contribution in [0.25, 0.3) is 0 Å². The summed E-state index contributed by atoms with van der Waals surface area (Å²) in [5.41, 5.74) is 0. The van der Waals surface area contributed by atoms with Gasteiger partial charge in [-0.25, -0.2) is 0 Å². The van der Waals surface area contributed by atoms with Crippen molar-refractivity contribution in [3.63, 3.8) is 0 Å². The van der Waals surface area contributed by atoms with Crippen LogP contribution >= 0.6 is 0 Å². The van der Waals surface area contributed by atoms with Crippen molar-refractivity contribution in [2.45, 2.75) is 113 Å². The predicted molar refractivity (Wildman–Crippen MR) is 118 cm³/mol. The molecule has 0 rings (SSSR count). The summed E-state index contributed by atoms with van der Waals surface area (Å²) in [6, 6.07) is 1.33. The zero-order valence-electron chi connectivity index (χ0n) is 16.4. The van der Waals surface area contributed by atoms with E-state index in [1.807, 2.05) is 7.11 Å². The Morgan fingerprint density at radius 3 is 1.43 bits per heavy atom. The highest BCUT2D eigenvalue weighted by Gasteiger charge is 2.18. The average Bonchev–Trinajstić information content (AvgIpc) is 2.51. The van der Waals surface area contributed by atoms with Crippen molar-refractivity contribution in [2.24, 2.45) is 0 Å². The number of unbranched alkanes of at least 4 members (excludes halogenated alkanes) is 6. The van der Waals surface area contributed by atoms with Crippen LogP contribution in [0.3, 0.4) is 0 Å². The number of hydrogen-bond acceptors (Lipinski definition) is 2. The van der Waals surface area contributed by atoms with Gasteiger partial charge in [-0.2, -0.15) is 0 Å². The summed E-state index contributed by atoms with van der Waals surface area (Å²) in [5.74, 6) is 0. The van der Waals surface area contributed by atoms with E-state index in [1.54, 1.807) is 7.11 Å². The third-order valence-electron chi connectivity index (χ3n) is 3.47. The van der Waals surface area contributed by atoms with Gasteiger partial charge in [0.05, 0.1) is 0 Å². The van der Waals surface area contributed by atoms with Crippen molar-refractivity contribution in [1.29, 1.82) is 0 Å². The van der Waals surface area contributed by atoms with Crippen LogP contribution in [0.5, 0.6) is 0 Å². The average molecular weight is 369 g/mol. The van der Waals surface area contributed by atoms with Crippen LogP contribution in [0, 0.1) is 0 Å². The zero-order chi connectivity index (χ0) is 17.0. The zero-order valence-corrected chi connectivity index (χ0v) is 18.8. The van der Waals surface area contributed by atoms with E-state index in [1.165, 1.54) is 57.4 Å². The van der Waals surface area contributed by atoms with Gasteiger partial charge in [-0.3, -0.25) is 0 Å². The summed E-state index contributed by atoms with van der Waals surface area (Å²) >= 11 is 0. The van der Waals surface area contributed by atoms with Crippen LogP contribution in [0.15, 0.2) is 0 Å². The number of hydrogen-bond donors (Lipinski definition) is 0. The molecule has 0 aliphatic rings. The molecule has 0 amide bonds. The normalized spacial score (nSPS) is 9.91. The van der Waals surface area contributed by atoms with Gasteiger partial charge in [0.15, 0.2) is 18.1 Å². The predicted octanol–water partition coefficient (Wildman–Crippen LogP) is 7.04. The summed E-state index contributed by atoms with van der Waals surface area (Å²) in [5, 5.41) is 0. The van der Waals surface area contributed by atoms with Crippen LogP contribution in [-0.2, 0) is 8.85 Å². The molecule has 0 atom stereocenters. The molecule has 148 valence electrons. The fourth-order valence-corrected chi connectivity index (χ4v) is 2.74. The van der Waals surface area contributed by atoms with Crippen molar-refractivity contribution >= 4 is 18.1 Å². The lowest BCUT2D eigenvalue weighted by atomic mass is 10.1. The molecule has 0 bridgehead atoms. The van der Waals surface area contributed by atoms with E-state index in [2.05, 4.69) is 44.8 Å². The fraction of sp³-hybridized carbons (Fsp3) is 1.00. The fourth-order valence-electron chi connectivity index (χ4n) is 1.43. The molecule has 0 aliphatic carbocycles. The molecule has 0 radical (unpaired) electrons. The second-order valence-corrected chi connectivity index (χ2v) is 11.6. The van der Waals surface area contributed by atoms with E-state index in [4.69, 9.17) is 4.43 Å². The van der Waals surface area contributed by atoms with Crippen molar-refractivity contribution in [3.8, 4) is 0 Å². The highest BCUT2D eigenvalue weighted by Crippen LogP contribution is 2.16. The van der Waals surface area contributed by atoms with Crippen LogP contribution in [-0.4, -0.2) is 32.3 Å². The van der Waals surface area contributed by atoms with Gasteiger partial charge in [0.25, 0.3) is 0 Å². The van der Waals surface area contributed by atoms with Crippen molar-refractivity contribution in [1.82, 2.24) is 0 Å². The molecule has 0 aromatic carbocycles. The molecule has 0 aromatic heterocycles. The van der Waals surface area contributed by atoms with Gasteiger partial charge in [0.2, 0.25) is 0 Å². The molecular weight excluding hydrogens is 316 g/mol. The molecule has 4 heteroatoms. The van der Waals surface area contributed by atoms with Gasteiger partial charge in [0.1, 0.15) is 0 Å². The van der Waals surface area contributed by atoms with Crippen molar-refractivity contribution < 1.29 is 8.85 Å². The van der Waals surface area contributed by atoms with Crippen LogP contribution in [0.2, 0.25) is 25.7 Å². The van der Waals surface area contributed by atoms with Crippen LogP contribution in [0.4, 0.5) is 0 Å². The summed E-state index contributed by atoms with van der Waals surface area (Å²) in [4.78, 5) is 0. The Morgan fingerprint density at radius 2 is 1.13 bits per heavy atom. The molecule has 0 spiro atoms. The summed E-state index contributed by atoms with van der Waals surface area (Å²) in [7, 11) is 2.29. The van der Waals surface area contributed by atoms with Crippen LogP contribution in [0.1, 0.15) is 87.0 Å². The standard InChI is InChI=1S/C11H26OSi.C4H10.C2H8OSi.2CH4/c1-5-6-7-8-9-10-11-13(3,4)12-2;2*1-3-4-2;;/h5-11H2,1-4H3;3-4H2,1-2H3;4H2,1-2H3;2*1H4. The van der Waals surface area contributed by atoms with Crippen molar-refractivity contribution in [2.75, 3.05) is 14.2 Å². The van der Waals surface area contributed by atoms with Gasteiger partial charge in [-0.05, 0) is 19.1 Å². The Kier molecular flexibility index (Phi) is 45.6. The van der Waals surface area contributed by atoms with E-state index in [0.29, 0.717) is 0 Å². The SMILES string of the molecule is C.C.CCCC.CCCCCCCC[Si](C)(C)OC.CO[SiH2]C. The minimum Gasteiger partial charge on any atom is -0.427 e. The Morgan fingerprint density at radius 1 is 0.739 bits per heavy atom. The largest absolute Gasteiger partial charge is 0.427 e. The molecule has 0 saturated carbocycles. The molecule has 0 aromatic rings. The summed E-state index contributed by atoms with van der Waals surface area (Å²) < 4.78 is 10.2. The Hall–Kier alpha value is 0.354. The van der Waals surface area contributed by atoms with Crippen molar-refractivity contribution in [3.05, 3.63) is 0 Å². The van der Waals surface area contributed by atoms with Gasteiger partial charge in [-0.1, -0.05) is 93.5 Å². The highest BCUT2D eigenvalue weighted by molar-refractivity contribution is 6.71. The summed E-state index contributed by atoms with van der Waals surface area (Å²) in [6.45, 7) is 13.3. The molecule has 0 aliphatic heterocycles.